The SMILES string of the molecule is COCc1cc(C(=O)NCCC(N)c2ccccc2)no1. The van der Waals surface area contributed by atoms with Crippen LogP contribution < -0.4 is 11.1 Å². The number of nitrogens with two attached hydrogens (primary N) is 1. The van der Waals surface area contributed by atoms with Crippen LogP contribution in [0, 0.1) is 0 Å². The van der Waals surface area contributed by atoms with Crippen molar-refractivity contribution in [3.63, 3.8) is 0 Å². The number of rotatable bonds is 7. The lowest BCUT2D eigenvalue weighted by molar-refractivity contribution is 0.0942. The van der Waals surface area contributed by atoms with Crippen molar-refractivity contribution in [1.29, 1.82) is 0 Å². The third-order valence-corrected chi connectivity index (χ3v) is 3.05. The van der Waals surface area contributed by atoms with E-state index in [0.717, 1.165) is 5.56 Å². The highest BCUT2D eigenvalue weighted by atomic mass is 16.5. The largest absolute Gasteiger partial charge is 0.377 e. The smallest absolute Gasteiger partial charge is 0.273 e. The Kier molecular flexibility index (Phi) is 5.48. The van der Waals surface area contributed by atoms with Crippen LogP contribution in [0.2, 0.25) is 0 Å². The van der Waals surface area contributed by atoms with Gasteiger partial charge >= 0.3 is 0 Å². The van der Waals surface area contributed by atoms with Crippen LogP contribution in [0.3, 0.4) is 0 Å². The van der Waals surface area contributed by atoms with Gasteiger partial charge in [0.2, 0.25) is 0 Å². The Morgan fingerprint density at radius 1 is 1.43 bits per heavy atom. The van der Waals surface area contributed by atoms with E-state index in [-0.39, 0.29) is 17.6 Å². The molecule has 1 aromatic carbocycles. The zero-order valence-electron chi connectivity index (χ0n) is 11.9. The summed E-state index contributed by atoms with van der Waals surface area (Å²) >= 11 is 0. The van der Waals surface area contributed by atoms with E-state index >= 15 is 0 Å². The minimum Gasteiger partial charge on any atom is -0.377 e. The van der Waals surface area contributed by atoms with Crippen molar-refractivity contribution < 1.29 is 14.1 Å². The number of aromatic nitrogens is 1. The summed E-state index contributed by atoms with van der Waals surface area (Å²) in [5, 5.41) is 6.47. The highest BCUT2D eigenvalue weighted by Gasteiger charge is 2.12. The number of methoxy groups -OCH3 is 1. The zero-order valence-corrected chi connectivity index (χ0v) is 11.9. The molecule has 2 aromatic rings. The molecule has 0 aliphatic carbocycles. The molecular weight excluding hydrogens is 270 g/mol. The molecule has 2 rings (SSSR count). The summed E-state index contributed by atoms with van der Waals surface area (Å²) in [6, 6.07) is 11.2. The molecule has 0 aliphatic heterocycles. The van der Waals surface area contributed by atoms with Crippen molar-refractivity contribution in [1.82, 2.24) is 10.5 Å². The van der Waals surface area contributed by atoms with Crippen LogP contribution in [0.15, 0.2) is 40.9 Å². The number of hydrogen-bond donors (Lipinski definition) is 2. The summed E-state index contributed by atoms with van der Waals surface area (Å²) in [7, 11) is 1.55. The molecule has 112 valence electrons. The molecule has 0 spiro atoms. The normalized spacial score (nSPS) is 12.1. The lowest BCUT2D eigenvalue weighted by Gasteiger charge is -2.11. The van der Waals surface area contributed by atoms with Crippen molar-refractivity contribution in [2.45, 2.75) is 19.1 Å². The van der Waals surface area contributed by atoms with E-state index in [1.54, 1.807) is 13.2 Å². The summed E-state index contributed by atoms with van der Waals surface area (Å²) in [6.07, 6.45) is 0.651. The molecule has 0 aliphatic rings. The van der Waals surface area contributed by atoms with Gasteiger partial charge in [-0.25, -0.2) is 0 Å². The Morgan fingerprint density at radius 3 is 2.90 bits per heavy atom. The van der Waals surface area contributed by atoms with E-state index in [4.69, 9.17) is 15.0 Å². The zero-order chi connectivity index (χ0) is 15.1. The van der Waals surface area contributed by atoms with Crippen LogP contribution >= 0.6 is 0 Å². The second-order valence-corrected chi connectivity index (χ2v) is 4.67. The molecule has 1 aromatic heterocycles. The van der Waals surface area contributed by atoms with E-state index in [1.807, 2.05) is 30.3 Å². The van der Waals surface area contributed by atoms with Crippen molar-refractivity contribution >= 4 is 5.91 Å². The Hall–Kier alpha value is -2.18. The van der Waals surface area contributed by atoms with Crippen LogP contribution in [-0.4, -0.2) is 24.7 Å². The van der Waals surface area contributed by atoms with Crippen LogP contribution in [0.5, 0.6) is 0 Å². The van der Waals surface area contributed by atoms with Crippen molar-refractivity contribution in [3.8, 4) is 0 Å². The maximum absolute atomic E-state index is 11.9. The monoisotopic (exact) mass is 289 g/mol. The molecule has 6 heteroatoms. The standard InChI is InChI=1S/C15H19N3O3/c1-20-10-12-9-14(18-21-12)15(19)17-8-7-13(16)11-5-3-2-4-6-11/h2-6,9,13H,7-8,10,16H2,1H3,(H,17,19). The molecule has 1 heterocycles. The highest BCUT2D eigenvalue weighted by Crippen LogP contribution is 2.12. The Morgan fingerprint density at radius 2 is 2.19 bits per heavy atom. The van der Waals surface area contributed by atoms with Gasteiger partial charge in [-0.1, -0.05) is 35.5 Å². The lowest BCUT2D eigenvalue weighted by Crippen LogP contribution is -2.27. The molecule has 0 saturated carbocycles. The maximum Gasteiger partial charge on any atom is 0.273 e. The number of nitrogens with zero attached hydrogens (tertiary/aromatic N) is 1. The molecule has 0 saturated heterocycles. The van der Waals surface area contributed by atoms with Gasteiger partial charge < -0.3 is 20.3 Å². The molecule has 6 nitrogen and oxygen atoms in total. The predicted molar refractivity (Wildman–Crippen MR) is 77.5 cm³/mol. The third-order valence-electron chi connectivity index (χ3n) is 3.05. The molecule has 0 radical (unpaired) electrons. The first-order chi connectivity index (χ1) is 10.2. The van der Waals surface area contributed by atoms with Crippen molar-refractivity contribution in [3.05, 3.63) is 53.4 Å². The summed E-state index contributed by atoms with van der Waals surface area (Å²) in [5.41, 5.74) is 7.36. The van der Waals surface area contributed by atoms with Crippen LogP contribution in [0.1, 0.15) is 34.3 Å². The Labute approximate surface area is 123 Å². The summed E-state index contributed by atoms with van der Waals surface area (Å²) < 4.78 is 9.86. The average Bonchev–Trinajstić information content (AvgIpc) is 2.97. The van der Waals surface area contributed by atoms with Gasteiger partial charge in [-0.3, -0.25) is 4.79 Å². The molecule has 21 heavy (non-hydrogen) atoms. The van der Waals surface area contributed by atoms with Gasteiger partial charge in [0, 0.05) is 25.8 Å². The Bertz CT molecular complexity index is 569. The fraction of sp³-hybridized carbons (Fsp3) is 0.333. The number of hydrogen-bond acceptors (Lipinski definition) is 5. The number of carbonyl (C=O) groups is 1. The number of nitrogens with one attached hydrogen (secondary N) is 1. The quantitative estimate of drug-likeness (QED) is 0.808. The maximum atomic E-state index is 11.9. The van der Waals surface area contributed by atoms with Crippen LogP contribution in [-0.2, 0) is 11.3 Å². The summed E-state index contributed by atoms with van der Waals surface area (Å²) in [6.45, 7) is 0.764. The number of benzene rings is 1. The van der Waals surface area contributed by atoms with E-state index in [0.29, 0.717) is 25.3 Å². The van der Waals surface area contributed by atoms with Crippen LogP contribution in [0.4, 0.5) is 0 Å². The average molecular weight is 289 g/mol. The van der Waals surface area contributed by atoms with Crippen molar-refractivity contribution in [2.24, 2.45) is 5.73 Å². The Balaban J connectivity index is 1.78. The van der Waals surface area contributed by atoms with Crippen LogP contribution in [0.25, 0.3) is 0 Å². The van der Waals surface area contributed by atoms with Gasteiger partial charge in [-0.05, 0) is 12.0 Å². The highest BCUT2D eigenvalue weighted by molar-refractivity contribution is 5.92. The van der Waals surface area contributed by atoms with E-state index in [9.17, 15) is 4.79 Å². The molecule has 1 atom stereocenters. The van der Waals surface area contributed by atoms with Gasteiger partial charge in [-0.15, -0.1) is 0 Å². The molecule has 0 fully saturated rings. The van der Waals surface area contributed by atoms with E-state index in [1.165, 1.54) is 0 Å². The molecule has 0 bridgehead atoms. The van der Waals surface area contributed by atoms with Gasteiger partial charge in [0.1, 0.15) is 6.61 Å². The van der Waals surface area contributed by atoms with Gasteiger partial charge in [0.25, 0.3) is 5.91 Å². The first-order valence-electron chi connectivity index (χ1n) is 6.74. The van der Waals surface area contributed by atoms with Gasteiger partial charge in [0.15, 0.2) is 11.5 Å². The minimum atomic E-state index is -0.277. The first-order valence-corrected chi connectivity index (χ1v) is 6.74. The molecule has 1 amide bonds. The second-order valence-electron chi connectivity index (χ2n) is 4.67. The summed E-state index contributed by atoms with van der Waals surface area (Å²) in [4.78, 5) is 11.9. The first kappa shape index (κ1) is 15.2. The summed E-state index contributed by atoms with van der Waals surface area (Å²) in [5.74, 6) is 0.241. The molecule has 3 N–H and O–H groups in total. The number of carbonyl (C=O) groups excluding carboxylic acids is 1. The minimum absolute atomic E-state index is 0.104. The van der Waals surface area contributed by atoms with Crippen molar-refractivity contribution in [2.75, 3.05) is 13.7 Å². The van der Waals surface area contributed by atoms with Gasteiger partial charge in [-0.2, -0.15) is 0 Å². The van der Waals surface area contributed by atoms with E-state index < -0.39 is 0 Å². The molecular formula is C15H19N3O3. The lowest BCUT2D eigenvalue weighted by atomic mass is 10.1. The van der Waals surface area contributed by atoms with E-state index in [2.05, 4.69) is 10.5 Å². The number of ether oxygens (including phenoxy) is 1. The second kappa shape index (κ2) is 7.56. The fourth-order valence-corrected chi connectivity index (χ4v) is 1.93. The fourth-order valence-electron chi connectivity index (χ4n) is 1.93. The topological polar surface area (TPSA) is 90.4 Å². The number of amides is 1. The molecule has 1 unspecified atom stereocenters. The predicted octanol–water partition coefficient (Wildman–Crippen LogP) is 1.64. The van der Waals surface area contributed by atoms with Gasteiger partial charge in [0.05, 0.1) is 0 Å². The third kappa shape index (κ3) is 4.40.